The summed E-state index contributed by atoms with van der Waals surface area (Å²) in [6.07, 6.45) is 0. The minimum atomic E-state index is 1.11. The van der Waals surface area contributed by atoms with Gasteiger partial charge >= 0.3 is 0 Å². The van der Waals surface area contributed by atoms with E-state index in [9.17, 15) is 0 Å². The molecule has 272 valence electrons. The SMILES string of the molecule is c1ccc(-c2ccccc2N(c2ccccc2-c2cccc3c2c2ccccc2n3-c2ccccc2)c2ccc(-c3ccc4ccccc4c3)c3ccccc23)cc1. The second-order valence-corrected chi connectivity index (χ2v) is 14.9. The number of nitrogens with zero attached hydrogens (tertiary/aromatic N) is 2. The third-order valence-electron chi connectivity index (χ3n) is 11.6. The van der Waals surface area contributed by atoms with Gasteiger partial charge in [-0.3, -0.25) is 0 Å². The van der Waals surface area contributed by atoms with Crippen molar-refractivity contribution in [3.05, 3.63) is 231 Å². The number of benzene rings is 10. The van der Waals surface area contributed by atoms with Crippen molar-refractivity contribution in [2.75, 3.05) is 4.90 Å². The predicted molar refractivity (Wildman–Crippen MR) is 247 cm³/mol. The highest BCUT2D eigenvalue weighted by molar-refractivity contribution is 6.17. The molecule has 0 atom stereocenters. The van der Waals surface area contributed by atoms with E-state index < -0.39 is 0 Å². The molecule has 0 N–H and O–H groups in total. The maximum Gasteiger partial charge on any atom is 0.0547 e. The molecule has 0 radical (unpaired) electrons. The maximum absolute atomic E-state index is 2.50. The third-order valence-corrected chi connectivity index (χ3v) is 11.6. The topological polar surface area (TPSA) is 8.17 Å². The van der Waals surface area contributed by atoms with Crippen LogP contribution in [0.1, 0.15) is 0 Å². The summed E-state index contributed by atoms with van der Waals surface area (Å²) in [4.78, 5) is 2.50. The Morgan fingerprint density at radius 2 is 0.879 bits per heavy atom. The predicted octanol–water partition coefficient (Wildman–Crippen LogP) is 15.6. The third kappa shape index (κ3) is 5.57. The molecule has 0 saturated heterocycles. The van der Waals surface area contributed by atoms with Crippen molar-refractivity contribution in [2.24, 2.45) is 0 Å². The lowest BCUT2D eigenvalue weighted by atomic mass is 9.93. The average Bonchev–Trinajstić information content (AvgIpc) is 3.65. The van der Waals surface area contributed by atoms with E-state index in [0.29, 0.717) is 0 Å². The van der Waals surface area contributed by atoms with Gasteiger partial charge in [-0.2, -0.15) is 0 Å². The van der Waals surface area contributed by atoms with Crippen LogP contribution in [0.5, 0.6) is 0 Å². The van der Waals surface area contributed by atoms with Crippen molar-refractivity contribution in [1.29, 1.82) is 0 Å². The van der Waals surface area contributed by atoms with Crippen molar-refractivity contribution >= 4 is 60.4 Å². The van der Waals surface area contributed by atoms with Crippen molar-refractivity contribution in [1.82, 2.24) is 4.57 Å². The number of anilines is 3. The van der Waals surface area contributed by atoms with Gasteiger partial charge in [-0.1, -0.05) is 182 Å². The van der Waals surface area contributed by atoms with Gasteiger partial charge in [0.1, 0.15) is 0 Å². The van der Waals surface area contributed by atoms with Crippen molar-refractivity contribution < 1.29 is 0 Å². The van der Waals surface area contributed by atoms with E-state index in [2.05, 4.69) is 240 Å². The van der Waals surface area contributed by atoms with Crippen LogP contribution < -0.4 is 4.90 Å². The molecule has 0 bridgehead atoms. The van der Waals surface area contributed by atoms with Crippen molar-refractivity contribution in [3.8, 4) is 39.1 Å². The molecule has 0 aliphatic heterocycles. The lowest BCUT2D eigenvalue weighted by Crippen LogP contribution is -2.13. The van der Waals surface area contributed by atoms with E-state index in [1.807, 2.05) is 0 Å². The quantitative estimate of drug-likeness (QED) is 0.158. The molecule has 0 amide bonds. The van der Waals surface area contributed by atoms with Crippen LogP contribution in [0.25, 0.3) is 82.4 Å². The molecule has 11 rings (SSSR count). The first kappa shape index (κ1) is 33.6. The maximum atomic E-state index is 2.50. The molecule has 0 fully saturated rings. The molecule has 2 heteroatoms. The lowest BCUT2D eigenvalue weighted by molar-refractivity contribution is 1.18. The van der Waals surface area contributed by atoms with Gasteiger partial charge in [0, 0.05) is 33.0 Å². The van der Waals surface area contributed by atoms with Crippen LogP contribution in [0.3, 0.4) is 0 Å². The highest BCUT2D eigenvalue weighted by Gasteiger charge is 2.25. The molecule has 0 aliphatic carbocycles. The number of fused-ring (bicyclic) bond motifs is 5. The van der Waals surface area contributed by atoms with Gasteiger partial charge in [-0.15, -0.1) is 0 Å². The highest BCUT2D eigenvalue weighted by atomic mass is 15.1. The highest BCUT2D eigenvalue weighted by Crippen LogP contribution is 2.49. The number of para-hydroxylation sites is 4. The monoisotopic (exact) mass is 738 g/mol. The Bertz CT molecular complexity index is 3290. The molecular formula is C56H38N2. The molecule has 0 aliphatic rings. The first-order valence-electron chi connectivity index (χ1n) is 19.9. The van der Waals surface area contributed by atoms with Crippen LogP contribution in [0.4, 0.5) is 17.1 Å². The number of rotatable bonds is 7. The van der Waals surface area contributed by atoms with Crippen molar-refractivity contribution in [3.63, 3.8) is 0 Å². The number of hydrogen-bond acceptors (Lipinski definition) is 1. The van der Waals surface area contributed by atoms with Gasteiger partial charge < -0.3 is 9.47 Å². The second kappa shape index (κ2) is 14.1. The van der Waals surface area contributed by atoms with Gasteiger partial charge in [0.15, 0.2) is 0 Å². The smallest absolute Gasteiger partial charge is 0.0547 e. The molecule has 0 spiro atoms. The fourth-order valence-electron chi connectivity index (χ4n) is 9.00. The van der Waals surface area contributed by atoms with Crippen LogP contribution in [0, 0.1) is 0 Å². The van der Waals surface area contributed by atoms with Gasteiger partial charge in [0.05, 0.1) is 28.1 Å². The Morgan fingerprint density at radius 3 is 1.69 bits per heavy atom. The summed E-state index contributed by atoms with van der Waals surface area (Å²) >= 11 is 0. The normalized spacial score (nSPS) is 11.4. The van der Waals surface area contributed by atoms with E-state index in [0.717, 1.165) is 28.3 Å². The van der Waals surface area contributed by atoms with E-state index in [-0.39, 0.29) is 0 Å². The Balaban J connectivity index is 1.20. The second-order valence-electron chi connectivity index (χ2n) is 14.9. The van der Waals surface area contributed by atoms with E-state index in [1.54, 1.807) is 0 Å². The molecule has 2 nitrogen and oxygen atoms in total. The Hall–Kier alpha value is -7.68. The summed E-state index contributed by atoms with van der Waals surface area (Å²) in [6.45, 7) is 0. The fourth-order valence-corrected chi connectivity index (χ4v) is 9.00. The summed E-state index contributed by atoms with van der Waals surface area (Å²) in [6, 6.07) is 83.8. The summed E-state index contributed by atoms with van der Waals surface area (Å²) in [5.74, 6) is 0. The van der Waals surface area contributed by atoms with Gasteiger partial charge in [-0.25, -0.2) is 0 Å². The molecular weight excluding hydrogens is 701 g/mol. The Kier molecular flexibility index (Phi) is 8.19. The minimum Gasteiger partial charge on any atom is -0.309 e. The van der Waals surface area contributed by atoms with Crippen LogP contribution in [0.15, 0.2) is 231 Å². The zero-order valence-electron chi connectivity index (χ0n) is 31.8. The summed E-state index contributed by atoms with van der Waals surface area (Å²) in [7, 11) is 0. The first-order valence-corrected chi connectivity index (χ1v) is 19.9. The Labute approximate surface area is 338 Å². The lowest BCUT2D eigenvalue weighted by Gasteiger charge is -2.31. The summed E-state index contributed by atoms with van der Waals surface area (Å²) in [5, 5.41) is 7.35. The van der Waals surface area contributed by atoms with Gasteiger partial charge in [0.25, 0.3) is 0 Å². The average molecular weight is 739 g/mol. The van der Waals surface area contributed by atoms with Crippen LogP contribution in [-0.2, 0) is 0 Å². The molecule has 1 heterocycles. The zero-order chi connectivity index (χ0) is 38.4. The van der Waals surface area contributed by atoms with E-state index in [1.165, 1.54) is 71.2 Å². The Morgan fingerprint density at radius 1 is 0.293 bits per heavy atom. The molecule has 58 heavy (non-hydrogen) atoms. The molecule has 10 aromatic carbocycles. The zero-order valence-corrected chi connectivity index (χ0v) is 31.8. The largest absolute Gasteiger partial charge is 0.309 e. The number of aromatic nitrogens is 1. The van der Waals surface area contributed by atoms with Crippen LogP contribution in [-0.4, -0.2) is 4.57 Å². The molecule has 1 aromatic heterocycles. The van der Waals surface area contributed by atoms with Crippen LogP contribution in [0.2, 0.25) is 0 Å². The fraction of sp³-hybridized carbons (Fsp3) is 0. The summed E-state index contributed by atoms with van der Waals surface area (Å²) in [5.41, 5.74) is 14.0. The molecule has 0 saturated carbocycles. The molecule has 0 unspecified atom stereocenters. The first-order chi connectivity index (χ1) is 28.8. The minimum absolute atomic E-state index is 1.11. The number of hydrogen-bond donors (Lipinski definition) is 0. The van der Waals surface area contributed by atoms with Crippen molar-refractivity contribution in [2.45, 2.75) is 0 Å². The van der Waals surface area contributed by atoms with Crippen LogP contribution >= 0.6 is 0 Å². The molecule has 11 aromatic rings. The summed E-state index contributed by atoms with van der Waals surface area (Å²) < 4.78 is 2.40. The standard InChI is InChI=1S/C56H38N2/c1-3-19-40(20-4-1)45-24-11-14-30-51(45)58(54-37-36-44(46-25-9-10-26-47(46)54)42-35-34-39-18-7-8-21-41(39)38-42)52-31-15-12-27-48(52)49-29-17-33-55-56(49)50-28-13-16-32-53(50)57(55)43-22-5-2-6-23-43/h1-38H. The van der Waals surface area contributed by atoms with Gasteiger partial charge in [0.2, 0.25) is 0 Å². The van der Waals surface area contributed by atoms with Gasteiger partial charge in [-0.05, 0) is 86.9 Å². The van der Waals surface area contributed by atoms with E-state index in [4.69, 9.17) is 0 Å². The van der Waals surface area contributed by atoms with E-state index >= 15 is 0 Å².